The molecule has 0 aromatic rings. The van der Waals surface area contributed by atoms with Crippen molar-refractivity contribution in [1.82, 2.24) is 10.6 Å². The molecule has 4 nitrogen and oxygen atoms in total. The Morgan fingerprint density at radius 1 is 1.25 bits per heavy atom. The maximum Gasteiger partial charge on any atom is 0.321 e. The van der Waals surface area contributed by atoms with Crippen molar-refractivity contribution in [3.63, 3.8) is 0 Å². The highest BCUT2D eigenvalue weighted by Crippen LogP contribution is 2.02. The molecule has 2 N–H and O–H groups in total. The second-order valence-corrected chi connectivity index (χ2v) is 4.63. The zero-order valence-electron chi connectivity index (χ0n) is 10.2. The van der Waals surface area contributed by atoms with E-state index in [-0.39, 0.29) is 6.04 Å². The fourth-order valence-electron chi connectivity index (χ4n) is 1.24. The number of hydrogen-bond acceptors (Lipinski definition) is 2. The van der Waals surface area contributed by atoms with Gasteiger partial charge in [-0.3, -0.25) is 10.1 Å². The van der Waals surface area contributed by atoms with Gasteiger partial charge in [0.25, 0.3) is 0 Å². The molecular weight excluding hydrogens is 228 g/mol. The van der Waals surface area contributed by atoms with Gasteiger partial charge in [-0.2, -0.15) is 0 Å². The third kappa shape index (κ3) is 7.51. The van der Waals surface area contributed by atoms with Crippen LogP contribution in [0, 0.1) is 0 Å². The van der Waals surface area contributed by atoms with E-state index in [2.05, 4.69) is 17.6 Å². The number of halogens is 1. The van der Waals surface area contributed by atoms with Crippen molar-refractivity contribution in [2.45, 2.75) is 57.9 Å². The number of hydrogen-bond donors (Lipinski definition) is 2. The first-order valence-corrected chi connectivity index (χ1v) is 6.16. The van der Waals surface area contributed by atoms with Gasteiger partial charge in [-0.25, -0.2) is 4.79 Å². The van der Waals surface area contributed by atoms with Crippen LogP contribution in [0.4, 0.5) is 4.79 Å². The number of carbonyl (C=O) groups is 2. The number of carbonyl (C=O) groups excluding carboxylic acids is 2. The molecule has 0 aromatic carbocycles. The molecule has 94 valence electrons. The number of imide groups is 1. The summed E-state index contributed by atoms with van der Waals surface area (Å²) in [6, 6.07) is -0.397. The SMILES string of the molecule is CCCCCC(C)NC(=O)NC(=O)C(C)Cl. The Balaban J connectivity index is 3.74. The van der Waals surface area contributed by atoms with Crippen LogP contribution >= 0.6 is 11.6 Å². The largest absolute Gasteiger partial charge is 0.335 e. The van der Waals surface area contributed by atoms with Gasteiger partial charge in [0.2, 0.25) is 5.91 Å². The van der Waals surface area contributed by atoms with E-state index in [0.717, 1.165) is 25.7 Å². The van der Waals surface area contributed by atoms with Gasteiger partial charge in [0.15, 0.2) is 0 Å². The lowest BCUT2D eigenvalue weighted by Gasteiger charge is -2.14. The number of nitrogens with one attached hydrogen (secondary N) is 2. The Kier molecular flexibility index (Phi) is 7.99. The molecule has 5 heteroatoms. The lowest BCUT2D eigenvalue weighted by molar-refractivity contribution is -0.119. The number of alkyl halides is 1. The molecule has 2 atom stereocenters. The maximum absolute atomic E-state index is 11.3. The van der Waals surface area contributed by atoms with Gasteiger partial charge in [-0.15, -0.1) is 11.6 Å². The van der Waals surface area contributed by atoms with E-state index in [1.54, 1.807) is 0 Å². The van der Waals surface area contributed by atoms with Crippen molar-refractivity contribution in [2.24, 2.45) is 0 Å². The average molecular weight is 249 g/mol. The first-order valence-electron chi connectivity index (χ1n) is 5.72. The number of rotatable bonds is 6. The van der Waals surface area contributed by atoms with Gasteiger partial charge in [-0.05, 0) is 20.3 Å². The monoisotopic (exact) mass is 248 g/mol. The average Bonchev–Trinajstić information content (AvgIpc) is 2.17. The van der Waals surface area contributed by atoms with Crippen molar-refractivity contribution >= 4 is 23.5 Å². The fraction of sp³-hybridized carbons (Fsp3) is 0.818. The minimum atomic E-state index is -0.693. The predicted octanol–water partition coefficient (Wildman–Crippen LogP) is 2.41. The minimum Gasteiger partial charge on any atom is -0.335 e. The van der Waals surface area contributed by atoms with Crippen LogP contribution in [-0.2, 0) is 4.79 Å². The van der Waals surface area contributed by atoms with Crippen LogP contribution in [0.1, 0.15) is 46.5 Å². The van der Waals surface area contributed by atoms with Gasteiger partial charge in [-0.1, -0.05) is 26.2 Å². The fourth-order valence-corrected chi connectivity index (χ4v) is 1.30. The normalized spacial score (nSPS) is 14.0. The van der Waals surface area contributed by atoms with Crippen molar-refractivity contribution in [3.8, 4) is 0 Å². The summed E-state index contributed by atoms with van der Waals surface area (Å²) in [5.74, 6) is -0.472. The van der Waals surface area contributed by atoms with E-state index < -0.39 is 17.3 Å². The van der Waals surface area contributed by atoms with E-state index in [1.807, 2.05) is 6.92 Å². The molecular formula is C11H21ClN2O2. The number of amides is 3. The number of unbranched alkanes of at least 4 members (excludes halogenated alkanes) is 2. The van der Waals surface area contributed by atoms with E-state index in [1.165, 1.54) is 6.92 Å². The van der Waals surface area contributed by atoms with E-state index in [4.69, 9.17) is 11.6 Å². The summed E-state index contributed by atoms with van der Waals surface area (Å²) in [5.41, 5.74) is 0. The highest BCUT2D eigenvalue weighted by atomic mass is 35.5. The zero-order valence-corrected chi connectivity index (χ0v) is 10.9. The van der Waals surface area contributed by atoms with Crippen LogP contribution in [0.25, 0.3) is 0 Å². The minimum absolute atomic E-state index is 0.0741. The highest BCUT2D eigenvalue weighted by molar-refractivity contribution is 6.31. The maximum atomic E-state index is 11.3. The molecule has 0 aliphatic heterocycles. The Hall–Kier alpha value is -0.770. The molecule has 16 heavy (non-hydrogen) atoms. The molecule has 2 unspecified atom stereocenters. The Morgan fingerprint density at radius 2 is 1.88 bits per heavy atom. The van der Waals surface area contributed by atoms with Crippen LogP contribution < -0.4 is 10.6 Å². The van der Waals surface area contributed by atoms with Gasteiger partial charge < -0.3 is 5.32 Å². The summed E-state index contributed by atoms with van der Waals surface area (Å²) in [6.07, 6.45) is 4.32. The van der Waals surface area contributed by atoms with Crippen LogP contribution in [0.2, 0.25) is 0 Å². The van der Waals surface area contributed by atoms with Crippen LogP contribution in [-0.4, -0.2) is 23.4 Å². The standard InChI is InChI=1S/C11H21ClN2O2/c1-4-5-6-7-8(2)13-11(16)14-10(15)9(3)12/h8-9H,4-7H2,1-3H3,(H2,13,14,15,16). The first-order chi connectivity index (χ1) is 7.47. The Bertz CT molecular complexity index is 232. The molecule has 0 fully saturated rings. The van der Waals surface area contributed by atoms with Gasteiger partial charge in [0.05, 0.1) is 0 Å². The van der Waals surface area contributed by atoms with Crippen molar-refractivity contribution in [2.75, 3.05) is 0 Å². The smallest absolute Gasteiger partial charge is 0.321 e. The lowest BCUT2D eigenvalue weighted by atomic mass is 10.1. The molecule has 0 radical (unpaired) electrons. The summed E-state index contributed by atoms with van der Waals surface area (Å²) in [5, 5.41) is 4.18. The van der Waals surface area contributed by atoms with Gasteiger partial charge in [0, 0.05) is 6.04 Å². The van der Waals surface area contributed by atoms with Crippen molar-refractivity contribution in [3.05, 3.63) is 0 Å². The van der Waals surface area contributed by atoms with Crippen LogP contribution in [0.15, 0.2) is 0 Å². The van der Waals surface area contributed by atoms with Crippen molar-refractivity contribution in [1.29, 1.82) is 0 Å². The molecule has 0 aromatic heterocycles. The summed E-state index contributed by atoms with van der Waals surface area (Å²) >= 11 is 5.52. The Morgan fingerprint density at radius 3 is 2.38 bits per heavy atom. The van der Waals surface area contributed by atoms with E-state index in [9.17, 15) is 9.59 Å². The van der Waals surface area contributed by atoms with Crippen molar-refractivity contribution < 1.29 is 9.59 Å². The van der Waals surface area contributed by atoms with E-state index in [0.29, 0.717) is 0 Å². The first kappa shape index (κ1) is 15.2. The molecule has 3 amide bonds. The molecule has 0 heterocycles. The summed E-state index contributed by atoms with van der Waals surface area (Å²) in [6.45, 7) is 5.57. The highest BCUT2D eigenvalue weighted by Gasteiger charge is 2.14. The summed E-state index contributed by atoms with van der Waals surface area (Å²) < 4.78 is 0. The summed E-state index contributed by atoms with van der Waals surface area (Å²) in [7, 11) is 0. The molecule has 0 aliphatic rings. The predicted molar refractivity (Wildman–Crippen MR) is 65.6 cm³/mol. The quantitative estimate of drug-likeness (QED) is 0.560. The third-order valence-electron chi connectivity index (χ3n) is 2.22. The van der Waals surface area contributed by atoms with Gasteiger partial charge in [0.1, 0.15) is 5.38 Å². The Labute approximate surface area is 102 Å². The second-order valence-electron chi connectivity index (χ2n) is 3.98. The molecule has 0 bridgehead atoms. The molecule has 0 saturated carbocycles. The number of urea groups is 1. The van der Waals surface area contributed by atoms with E-state index >= 15 is 0 Å². The second kappa shape index (κ2) is 8.39. The van der Waals surface area contributed by atoms with Crippen LogP contribution in [0.5, 0.6) is 0 Å². The summed E-state index contributed by atoms with van der Waals surface area (Å²) in [4.78, 5) is 22.4. The lowest BCUT2D eigenvalue weighted by Crippen LogP contribution is -2.45. The molecule has 0 rings (SSSR count). The third-order valence-corrected chi connectivity index (χ3v) is 2.41. The molecule has 0 aliphatic carbocycles. The topological polar surface area (TPSA) is 58.2 Å². The van der Waals surface area contributed by atoms with Gasteiger partial charge >= 0.3 is 6.03 Å². The molecule has 0 saturated heterocycles. The molecule has 0 spiro atoms. The van der Waals surface area contributed by atoms with Crippen LogP contribution in [0.3, 0.4) is 0 Å². The zero-order chi connectivity index (χ0) is 12.6.